The van der Waals surface area contributed by atoms with Gasteiger partial charge >= 0.3 is 159 Å². The molecule has 0 aliphatic rings. The quantitative estimate of drug-likeness (QED) is 0.307. The molecule has 1 aromatic rings. The third-order valence-corrected chi connectivity index (χ3v) is 20.9. The Bertz CT molecular complexity index is 506. The van der Waals surface area contributed by atoms with Crippen LogP contribution in [0.1, 0.15) is 69.7 Å². The van der Waals surface area contributed by atoms with E-state index in [0.29, 0.717) is 5.56 Å². The zero-order valence-electron chi connectivity index (χ0n) is 16.8. The average molecular weight is 455 g/mol. The summed E-state index contributed by atoms with van der Waals surface area (Å²) in [4.78, 5) is 11.9. The molecule has 1 aromatic carbocycles. The topological polar surface area (TPSA) is 35.5 Å². The third-order valence-electron chi connectivity index (χ3n) is 5.22. The van der Waals surface area contributed by atoms with Crippen LogP contribution in [-0.4, -0.2) is 38.6 Å². The predicted molar refractivity (Wildman–Crippen MR) is 109 cm³/mol. The molecule has 0 atom stereocenters. The fraction of sp³-hybridized carbons (Fsp3) is 0.667. The van der Waals surface area contributed by atoms with Gasteiger partial charge in [0, 0.05) is 0 Å². The van der Waals surface area contributed by atoms with Crippen molar-refractivity contribution in [2.24, 2.45) is 0 Å². The molecule has 0 saturated heterocycles. The second kappa shape index (κ2) is 11.8. The number of carbonyl (C=O) groups excluding carboxylic acids is 1. The first-order valence-corrected chi connectivity index (χ1v) is 17.3. The number of esters is 1. The van der Waals surface area contributed by atoms with Crippen molar-refractivity contribution in [2.45, 2.75) is 72.6 Å². The van der Waals surface area contributed by atoms with Gasteiger partial charge in [-0.1, -0.05) is 0 Å². The monoisotopic (exact) mass is 456 g/mol. The van der Waals surface area contributed by atoms with E-state index in [4.69, 9.17) is 9.47 Å². The van der Waals surface area contributed by atoms with Crippen molar-refractivity contribution < 1.29 is 14.3 Å². The molecule has 0 heterocycles. The molecule has 4 heteroatoms. The Morgan fingerprint density at radius 1 is 0.920 bits per heavy atom. The molecule has 0 spiro atoms. The Labute approximate surface area is 158 Å². The molecular weight excluding hydrogens is 419 g/mol. The molecule has 0 fully saturated rings. The third kappa shape index (κ3) is 6.19. The van der Waals surface area contributed by atoms with Crippen molar-refractivity contribution in [1.82, 2.24) is 0 Å². The normalized spacial score (nSPS) is 11.4. The maximum absolute atomic E-state index is 11.9. The van der Waals surface area contributed by atoms with E-state index in [2.05, 4.69) is 26.8 Å². The first-order chi connectivity index (χ1) is 12.1. The first-order valence-electron chi connectivity index (χ1n) is 9.85. The van der Waals surface area contributed by atoms with Crippen LogP contribution in [0.4, 0.5) is 0 Å². The van der Waals surface area contributed by atoms with Gasteiger partial charge < -0.3 is 0 Å². The van der Waals surface area contributed by atoms with Gasteiger partial charge in [0.2, 0.25) is 0 Å². The fourth-order valence-electron chi connectivity index (χ4n) is 3.70. The van der Waals surface area contributed by atoms with E-state index in [0.717, 1.165) is 5.75 Å². The summed E-state index contributed by atoms with van der Waals surface area (Å²) >= 11 is -2.56. The summed E-state index contributed by atoms with van der Waals surface area (Å²) in [6.45, 7) is 6.86. The van der Waals surface area contributed by atoms with Crippen LogP contribution >= 0.6 is 0 Å². The Morgan fingerprint density at radius 3 is 1.84 bits per heavy atom. The standard InChI is InChI=1S/C9H9O3.3C4H9.Sn/c1-11-8-5-3-4-7(6-8)9(10)12-2;3*1-3-4-2;/h3-4,6H,1-2H3;3*1,3-4H2,2H3;. The molecule has 1 rings (SSSR count). The van der Waals surface area contributed by atoms with Gasteiger partial charge in [-0.15, -0.1) is 0 Å². The summed E-state index contributed by atoms with van der Waals surface area (Å²) in [5.41, 5.74) is 0.588. The first kappa shape index (κ1) is 22.3. The molecule has 0 N–H and O–H groups in total. The van der Waals surface area contributed by atoms with Crippen molar-refractivity contribution >= 4 is 27.9 Å². The molecular formula is C21H36O3Sn. The van der Waals surface area contributed by atoms with Crippen LogP contribution in [0, 0.1) is 0 Å². The fourth-order valence-corrected chi connectivity index (χ4v) is 20.2. The minimum atomic E-state index is -2.56. The van der Waals surface area contributed by atoms with Crippen LogP contribution in [0.25, 0.3) is 0 Å². The summed E-state index contributed by atoms with van der Waals surface area (Å²) < 4.78 is 16.3. The van der Waals surface area contributed by atoms with Gasteiger partial charge in [0.15, 0.2) is 0 Å². The SMILES string of the molecule is CCC[CH2][Sn]([CH2]CCC)([CH2]CCC)[c]1ccc(C(=O)OC)cc1OC. The van der Waals surface area contributed by atoms with Crippen molar-refractivity contribution in [1.29, 1.82) is 0 Å². The van der Waals surface area contributed by atoms with Crippen molar-refractivity contribution in [3.8, 4) is 5.75 Å². The number of hydrogen-bond donors (Lipinski definition) is 0. The van der Waals surface area contributed by atoms with E-state index in [-0.39, 0.29) is 5.97 Å². The van der Waals surface area contributed by atoms with Crippen LogP contribution in [0.3, 0.4) is 0 Å². The molecule has 142 valence electrons. The number of rotatable bonds is 12. The van der Waals surface area contributed by atoms with Gasteiger partial charge in [0.05, 0.1) is 0 Å². The number of hydrogen-bond acceptors (Lipinski definition) is 3. The van der Waals surface area contributed by atoms with E-state index in [1.165, 1.54) is 62.5 Å². The van der Waals surface area contributed by atoms with Gasteiger partial charge in [-0.2, -0.15) is 0 Å². The zero-order valence-corrected chi connectivity index (χ0v) is 19.7. The molecule has 0 aromatic heterocycles. The van der Waals surface area contributed by atoms with Crippen molar-refractivity contribution in [3.63, 3.8) is 0 Å². The Kier molecular flexibility index (Phi) is 10.6. The van der Waals surface area contributed by atoms with E-state index < -0.39 is 18.4 Å². The van der Waals surface area contributed by atoms with Gasteiger partial charge in [0.1, 0.15) is 0 Å². The van der Waals surface area contributed by atoms with Gasteiger partial charge in [-0.25, -0.2) is 0 Å². The van der Waals surface area contributed by atoms with Crippen molar-refractivity contribution in [2.75, 3.05) is 14.2 Å². The number of carbonyl (C=O) groups is 1. The number of unbranched alkanes of at least 4 members (excludes halogenated alkanes) is 3. The van der Waals surface area contributed by atoms with Gasteiger partial charge in [0.25, 0.3) is 0 Å². The summed E-state index contributed by atoms with van der Waals surface area (Å²) in [6.07, 6.45) is 7.68. The number of methoxy groups -OCH3 is 2. The Hall–Kier alpha value is -0.711. The molecule has 0 aliphatic carbocycles. The number of benzene rings is 1. The number of ether oxygens (including phenoxy) is 2. The second-order valence-electron chi connectivity index (χ2n) is 7.00. The summed E-state index contributed by atoms with van der Waals surface area (Å²) in [7, 11) is 3.16. The summed E-state index contributed by atoms with van der Waals surface area (Å²) in [5.74, 6) is 0.628. The van der Waals surface area contributed by atoms with E-state index in [1.807, 2.05) is 12.1 Å². The van der Waals surface area contributed by atoms with E-state index in [9.17, 15) is 4.79 Å². The van der Waals surface area contributed by atoms with Crippen molar-refractivity contribution in [3.05, 3.63) is 23.8 Å². The van der Waals surface area contributed by atoms with Crippen LogP contribution < -0.4 is 8.32 Å². The molecule has 0 unspecified atom stereocenters. The Balaban J connectivity index is 3.35. The molecule has 0 aliphatic heterocycles. The predicted octanol–water partition coefficient (Wildman–Crippen LogP) is 5.54. The summed E-state index contributed by atoms with van der Waals surface area (Å²) in [5, 5.41) is 0. The molecule has 0 radical (unpaired) electrons. The maximum atomic E-state index is 11.9. The molecule has 0 saturated carbocycles. The van der Waals surface area contributed by atoms with Crippen LogP contribution in [0.5, 0.6) is 5.75 Å². The average Bonchev–Trinajstić information content (AvgIpc) is 2.66. The van der Waals surface area contributed by atoms with Crippen LogP contribution in [0.2, 0.25) is 13.3 Å². The van der Waals surface area contributed by atoms with Gasteiger partial charge in [-0.3, -0.25) is 0 Å². The minimum absolute atomic E-state index is 0.290. The zero-order chi connectivity index (χ0) is 18.7. The van der Waals surface area contributed by atoms with Gasteiger partial charge in [-0.05, 0) is 0 Å². The van der Waals surface area contributed by atoms with Crippen LogP contribution in [0.15, 0.2) is 18.2 Å². The molecule has 0 amide bonds. The van der Waals surface area contributed by atoms with Crippen LogP contribution in [-0.2, 0) is 4.74 Å². The van der Waals surface area contributed by atoms with E-state index in [1.54, 1.807) is 7.11 Å². The molecule has 0 bridgehead atoms. The second-order valence-corrected chi connectivity index (χ2v) is 20.1. The Morgan fingerprint density at radius 2 is 1.44 bits per heavy atom. The molecule has 3 nitrogen and oxygen atoms in total. The van der Waals surface area contributed by atoms with E-state index >= 15 is 0 Å². The summed E-state index contributed by atoms with van der Waals surface area (Å²) in [6, 6.07) is 6.04. The molecule has 25 heavy (non-hydrogen) atoms.